The molecule has 0 bridgehead atoms. The summed E-state index contributed by atoms with van der Waals surface area (Å²) in [6.07, 6.45) is 6.79. The van der Waals surface area contributed by atoms with Gasteiger partial charge in [-0.3, -0.25) is 4.90 Å². The molecule has 4 heteroatoms. The molecule has 0 amide bonds. The van der Waals surface area contributed by atoms with Crippen LogP contribution in [-0.2, 0) is 11.3 Å². The number of carboxylic acids is 1. The van der Waals surface area contributed by atoms with Crippen molar-refractivity contribution in [2.45, 2.75) is 32.7 Å². The number of thiophene rings is 1. The van der Waals surface area contributed by atoms with Gasteiger partial charge in [0.15, 0.2) is 0 Å². The molecule has 1 fully saturated rings. The van der Waals surface area contributed by atoms with Gasteiger partial charge in [-0.05, 0) is 50.1 Å². The lowest BCUT2D eigenvalue weighted by atomic mass is 9.94. The van der Waals surface area contributed by atoms with E-state index in [1.807, 2.05) is 6.07 Å². The molecule has 1 N–H and O–H groups in total. The van der Waals surface area contributed by atoms with E-state index in [9.17, 15) is 4.79 Å². The number of likely N-dealkylation sites (tertiary alicyclic amines) is 1. The standard InChI is InChI=1S/C15H21NO2S/c1-2-12-7-9-16(10-8-12)11-14-4-3-13(19-14)5-6-15(17)18/h3-6,12H,2,7-11H2,1H3,(H,17,18). The molecule has 0 saturated carbocycles. The van der Waals surface area contributed by atoms with Crippen molar-refractivity contribution in [1.82, 2.24) is 4.90 Å². The van der Waals surface area contributed by atoms with Crippen molar-refractivity contribution in [3.63, 3.8) is 0 Å². The zero-order chi connectivity index (χ0) is 13.7. The summed E-state index contributed by atoms with van der Waals surface area (Å²) in [5.41, 5.74) is 0. The van der Waals surface area contributed by atoms with Crippen LogP contribution in [0.3, 0.4) is 0 Å². The second kappa shape index (κ2) is 6.87. The summed E-state index contributed by atoms with van der Waals surface area (Å²) in [5.74, 6) is 0.0187. The molecule has 1 aromatic rings. The molecule has 2 rings (SSSR count). The Morgan fingerprint density at radius 2 is 2.21 bits per heavy atom. The van der Waals surface area contributed by atoms with E-state index in [-0.39, 0.29) is 0 Å². The Kier molecular flexibility index (Phi) is 5.16. The van der Waals surface area contributed by atoms with Gasteiger partial charge in [-0.15, -0.1) is 11.3 Å². The molecule has 1 aromatic heterocycles. The zero-order valence-electron chi connectivity index (χ0n) is 11.3. The van der Waals surface area contributed by atoms with Crippen LogP contribution in [0.2, 0.25) is 0 Å². The van der Waals surface area contributed by atoms with E-state index in [1.54, 1.807) is 17.4 Å². The minimum absolute atomic E-state index is 0.892. The Labute approximate surface area is 118 Å². The van der Waals surface area contributed by atoms with Crippen LogP contribution in [-0.4, -0.2) is 29.1 Å². The van der Waals surface area contributed by atoms with Crippen LogP contribution < -0.4 is 0 Å². The average molecular weight is 279 g/mol. The van der Waals surface area contributed by atoms with Gasteiger partial charge in [0.2, 0.25) is 0 Å². The molecule has 3 nitrogen and oxygen atoms in total. The van der Waals surface area contributed by atoms with Crippen molar-refractivity contribution in [3.8, 4) is 0 Å². The van der Waals surface area contributed by atoms with Crippen LogP contribution in [0.5, 0.6) is 0 Å². The Hall–Kier alpha value is -1.13. The summed E-state index contributed by atoms with van der Waals surface area (Å²) in [6.45, 7) is 5.66. The molecule has 1 aliphatic rings. The predicted octanol–water partition coefficient (Wildman–Crippen LogP) is 3.47. The van der Waals surface area contributed by atoms with E-state index >= 15 is 0 Å². The first-order valence-corrected chi connectivity index (χ1v) is 7.71. The molecule has 0 atom stereocenters. The highest BCUT2D eigenvalue weighted by Gasteiger charge is 2.17. The van der Waals surface area contributed by atoms with E-state index in [0.29, 0.717) is 0 Å². The van der Waals surface area contributed by atoms with Crippen molar-refractivity contribution >= 4 is 23.4 Å². The molecule has 0 aliphatic carbocycles. The fourth-order valence-electron chi connectivity index (χ4n) is 2.50. The van der Waals surface area contributed by atoms with Gasteiger partial charge in [0.05, 0.1) is 0 Å². The van der Waals surface area contributed by atoms with Gasteiger partial charge >= 0.3 is 5.97 Å². The van der Waals surface area contributed by atoms with Crippen LogP contribution in [0, 0.1) is 5.92 Å². The van der Waals surface area contributed by atoms with Crippen molar-refractivity contribution in [1.29, 1.82) is 0 Å². The largest absolute Gasteiger partial charge is 0.478 e. The highest BCUT2D eigenvalue weighted by atomic mass is 32.1. The van der Waals surface area contributed by atoms with Crippen molar-refractivity contribution in [2.24, 2.45) is 5.92 Å². The number of carbonyl (C=O) groups is 1. The summed E-state index contributed by atoms with van der Waals surface area (Å²) < 4.78 is 0. The van der Waals surface area contributed by atoms with Gasteiger partial charge in [-0.2, -0.15) is 0 Å². The Bertz CT molecular complexity index is 445. The minimum Gasteiger partial charge on any atom is -0.478 e. The first-order chi connectivity index (χ1) is 9.17. The molecule has 104 valence electrons. The molecule has 19 heavy (non-hydrogen) atoms. The van der Waals surface area contributed by atoms with E-state index in [2.05, 4.69) is 17.9 Å². The van der Waals surface area contributed by atoms with E-state index in [1.165, 1.54) is 43.3 Å². The molecule has 0 radical (unpaired) electrons. The maximum Gasteiger partial charge on any atom is 0.328 e. The summed E-state index contributed by atoms with van der Waals surface area (Å²) in [7, 11) is 0. The lowest BCUT2D eigenvalue weighted by Crippen LogP contribution is -2.32. The van der Waals surface area contributed by atoms with Crippen LogP contribution in [0.25, 0.3) is 6.08 Å². The molecular formula is C15H21NO2S. The predicted molar refractivity (Wildman–Crippen MR) is 79.3 cm³/mol. The van der Waals surface area contributed by atoms with Gasteiger partial charge in [-0.1, -0.05) is 13.3 Å². The van der Waals surface area contributed by atoms with Crippen molar-refractivity contribution in [2.75, 3.05) is 13.1 Å². The zero-order valence-corrected chi connectivity index (χ0v) is 12.2. The number of aliphatic carboxylic acids is 1. The topological polar surface area (TPSA) is 40.5 Å². The molecule has 0 spiro atoms. The molecular weight excluding hydrogens is 258 g/mol. The smallest absolute Gasteiger partial charge is 0.328 e. The lowest BCUT2D eigenvalue weighted by molar-refractivity contribution is -0.131. The third kappa shape index (κ3) is 4.48. The van der Waals surface area contributed by atoms with Gasteiger partial charge in [0.1, 0.15) is 0 Å². The fraction of sp³-hybridized carbons (Fsp3) is 0.533. The number of hydrogen-bond acceptors (Lipinski definition) is 3. The molecule has 2 heterocycles. The average Bonchev–Trinajstić information content (AvgIpc) is 2.85. The summed E-state index contributed by atoms with van der Waals surface area (Å²) >= 11 is 1.68. The van der Waals surface area contributed by atoms with Crippen LogP contribution in [0.1, 0.15) is 35.9 Å². The van der Waals surface area contributed by atoms with Gasteiger partial charge < -0.3 is 5.11 Å². The second-order valence-corrected chi connectivity index (χ2v) is 6.30. The third-order valence-electron chi connectivity index (χ3n) is 3.74. The summed E-state index contributed by atoms with van der Waals surface area (Å²) in [4.78, 5) is 15.3. The van der Waals surface area contributed by atoms with Crippen LogP contribution >= 0.6 is 11.3 Å². The third-order valence-corrected chi connectivity index (χ3v) is 4.77. The molecule has 1 aliphatic heterocycles. The maximum absolute atomic E-state index is 10.5. The van der Waals surface area contributed by atoms with Gasteiger partial charge in [-0.25, -0.2) is 4.79 Å². The maximum atomic E-state index is 10.5. The first-order valence-electron chi connectivity index (χ1n) is 6.89. The number of piperidine rings is 1. The van der Waals surface area contributed by atoms with Crippen LogP contribution in [0.4, 0.5) is 0 Å². The van der Waals surface area contributed by atoms with Gasteiger partial charge in [0, 0.05) is 22.4 Å². The fourth-order valence-corrected chi connectivity index (χ4v) is 3.45. The Morgan fingerprint density at radius 3 is 2.84 bits per heavy atom. The Morgan fingerprint density at radius 1 is 1.47 bits per heavy atom. The Balaban J connectivity index is 1.85. The van der Waals surface area contributed by atoms with E-state index in [0.717, 1.165) is 17.3 Å². The lowest BCUT2D eigenvalue weighted by Gasteiger charge is -2.31. The summed E-state index contributed by atoms with van der Waals surface area (Å²) in [5, 5.41) is 8.60. The molecule has 0 aromatic carbocycles. The highest BCUT2D eigenvalue weighted by molar-refractivity contribution is 7.12. The number of rotatable bonds is 5. The molecule has 1 saturated heterocycles. The first kappa shape index (κ1) is 14.3. The number of carboxylic acid groups (broad SMARTS) is 1. The van der Waals surface area contributed by atoms with E-state index in [4.69, 9.17) is 5.11 Å². The van der Waals surface area contributed by atoms with Gasteiger partial charge in [0.25, 0.3) is 0 Å². The SMILES string of the molecule is CCC1CCN(Cc2ccc(C=CC(=O)O)s2)CC1. The number of hydrogen-bond donors (Lipinski definition) is 1. The monoisotopic (exact) mass is 279 g/mol. The quantitative estimate of drug-likeness (QED) is 0.839. The van der Waals surface area contributed by atoms with E-state index < -0.39 is 5.97 Å². The minimum atomic E-state index is -0.892. The second-order valence-electron chi connectivity index (χ2n) is 5.10. The van der Waals surface area contributed by atoms with Crippen molar-refractivity contribution in [3.05, 3.63) is 28.0 Å². The highest BCUT2D eigenvalue weighted by Crippen LogP contribution is 2.24. The van der Waals surface area contributed by atoms with Crippen LogP contribution in [0.15, 0.2) is 18.2 Å². The molecule has 0 unspecified atom stereocenters. The normalized spacial score (nSPS) is 18.2. The number of nitrogens with zero attached hydrogens (tertiary/aromatic N) is 1. The van der Waals surface area contributed by atoms with Crippen molar-refractivity contribution < 1.29 is 9.90 Å². The summed E-state index contributed by atoms with van der Waals surface area (Å²) in [6, 6.07) is 4.11.